The van der Waals surface area contributed by atoms with E-state index in [0.29, 0.717) is 16.8 Å². The summed E-state index contributed by atoms with van der Waals surface area (Å²) in [6.45, 7) is 1.78. The van der Waals surface area contributed by atoms with Gasteiger partial charge in [-0.2, -0.15) is 0 Å². The number of hydrazine groups is 1. The molecule has 0 aliphatic heterocycles. The van der Waals surface area contributed by atoms with Crippen molar-refractivity contribution in [2.24, 2.45) is 7.05 Å². The van der Waals surface area contributed by atoms with Crippen LogP contribution in [-0.2, 0) is 7.05 Å². The molecular weight excluding hydrogens is 298 g/mol. The molecule has 22 heavy (non-hydrogen) atoms. The number of nitrogens with one attached hydrogen (secondary N) is 2. The van der Waals surface area contributed by atoms with Crippen LogP contribution in [0.3, 0.4) is 0 Å². The highest BCUT2D eigenvalue weighted by atomic mass is 32.1. The van der Waals surface area contributed by atoms with E-state index in [1.165, 1.54) is 22.0 Å². The molecule has 1 aromatic carbocycles. The maximum absolute atomic E-state index is 11.7. The van der Waals surface area contributed by atoms with Crippen molar-refractivity contribution < 1.29 is 0 Å². The highest BCUT2D eigenvalue weighted by Gasteiger charge is 2.06. The molecule has 2 aromatic heterocycles. The highest BCUT2D eigenvalue weighted by molar-refractivity contribution is 7.14. The van der Waals surface area contributed by atoms with Gasteiger partial charge in [0.05, 0.1) is 5.69 Å². The zero-order valence-electron chi connectivity index (χ0n) is 12.2. The van der Waals surface area contributed by atoms with Crippen molar-refractivity contribution in [2.75, 3.05) is 10.9 Å². The molecule has 0 fully saturated rings. The first-order valence-corrected chi connectivity index (χ1v) is 7.59. The Kier molecular flexibility index (Phi) is 3.88. The van der Waals surface area contributed by atoms with Crippen LogP contribution in [0.5, 0.6) is 0 Å². The van der Waals surface area contributed by atoms with Crippen molar-refractivity contribution >= 4 is 22.4 Å². The summed E-state index contributed by atoms with van der Waals surface area (Å²) in [6, 6.07) is 11.4. The Morgan fingerprint density at radius 2 is 1.91 bits per heavy atom. The average molecular weight is 313 g/mol. The van der Waals surface area contributed by atoms with Crippen LogP contribution < -0.4 is 16.4 Å². The number of thiazole rings is 1. The van der Waals surface area contributed by atoms with E-state index in [9.17, 15) is 4.79 Å². The van der Waals surface area contributed by atoms with Gasteiger partial charge in [0.2, 0.25) is 11.1 Å². The van der Waals surface area contributed by atoms with Crippen molar-refractivity contribution in [3.8, 4) is 11.3 Å². The monoisotopic (exact) mass is 313 g/mol. The van der Waals surface area contributed by atoms with E-state index in [0.717, 1.165) is 11.3 Å². The first-order valence-electron chi connectivity index (χ1n) is 6.71. The molecular formula is C15H15N5OS. The van der Waals surface area contributed by atoms with Crippen molar-refractivity contribution in [3.63, 3.8) is 0 Å². The van der Waals surface area contributed by atoms with Gasteiger partial charge < -0.3 is 0 Å². The summed E-state index contributed by atoms with van der Waals surface area (Å²) in [5.41, 5.74) is 8.43. The number of aromatic nitrogens is 3. The Labute approximate surface area is 131 Å². The zero-order valence-corrected chi connectivity index (χ0v) is 13.0. The molecule has 0 saturated heterocycles. The molecule has 0 radical (unpaired) electrons. The van der Waals surface area contributed by atoms with E-state index in [4.69, 9.17) is 0 Å². The summed E-state index contributed by atoms with van der Waals surface area (Å²) < 4.78 is 1.44. The van der Waals surface area contributed by atoms with Crippen LogP contribution in [0.1, 0.15) is 5.69 Å². The van der Waals surface area contributed by atoms with E-state index < -0.39 is 0 Å². The predicted molar refractivity (Wildman–Crippen MR) is 89.0 cm³/mol. The summed E-state index contributed by atoms with van der Waals surface area (Å²) in [6.07, 6.45) is 0. The standard InChI is InChI=1S/C15H15N5OS/c1-10-8-13(21)20(2)14(16-10)18-19-15-17-12(9-22-15)11-6-4-3-5-7-11/h3-9H,1-2H3,(H,16,18)(H,17,19). The lowest BCUT2D eigenvalue weighted by Crippen LogP contribution is -2.24. The number of benzene rings is 1. The van der Waals surface area contributed by atoms with Crippen molar-refractivity contribution in [1.82, 2.24) is 14.5 Å². The second-order valence-corrected chi connectivity index (χ2v) is 5.63. The lowest BCUT2D eigenvalue weighted by Gasteiger charge is -2.10. The second-order valence-electron chi connectivity index (χ2n) is 4.77. The quantitative estimate of drug-likeness (QED) is 0.725. The fourth-order valence-electron chi connectivity index (χ4n) is 1.95. The van der Waals surface area contributed by atoms with Crippen LogP contribution in [0.2, 0.25) is 0 Å². The van der Waals surface area contributed by atoms with Gasteiger partial charge >= 0.3 is 0 Å². The Morgan fingerprint density at radius 1 is 1.14 bits per heavy atom. The topological polar surface area (TPSA) is 71.8 Å². The van der Waals surface area contributed by atoms with E-state index in [1.54, 1.807) is 14.0 Å². The minimum absolute atomic E-state index is 0.110. The first-order chi connectivity index (χ1) is 10.6. The molecule has 3 aromatic rings. The van der Waals surface area contributed by atoms with Crippen LogP contribution in [0.25, 0.3) is 11.3 Å². The van der Waals surface area contributed by atoms with Gasteiger partial charge in [0, 0.05) is 29.8 Å². The fraction of sp³-hybridized carbons (Fsp3) is 0.133. The third-order valence-electron chi connectivity index (χ3n) is 3.12. The molecule has 0 spiro atoms. The number of rotatable bonds is 4. The number of nitrogens with zero attached hydrogens (tertiary/aromatic N) is 3. The van der Waals surface area contributed by atoms with Gasteiger partial charge in [0.15, 0.2) is 0 Å². The molecule has 0 bridgehead atoms. The third-order valence-corrected chi connectivity index (χ3v) is 3.88. The molecule has 0 aliphatic carbocycles. The van der Waals surface area contributed by atoms with Crippen LogP contribution in [0.4, 0.5) is 11.1 Å². The first kappa shape index (κ1) is 14.3. The van der Waals surface area contributed by atoms with E-state index in [2.05, 4.69) is 20.8 Å². The van der Waals surface area contributed by atoms with Crippen LogP contribution >= 0.6 is 11.3 Å². The predicted octanol–water partition coefficient (Wildman–Crippen LogP) is 2.65. The summed E-state index contributed by atoms with van der Waals surface area (Å²) in [5, 5.41) is 2.68. The SMILES string of the molecule is Cc1cc(=O)n(C)c(NNc2nc(-c3ccccc3)cs2)n1. The number of aryl methyl sites for hydroxylation is 1. The van der Waals surface area contributed by atoms with Gasteiger partial charge in [-0.1, -0.05) is 30.3 Å². The summed E-state index contributed by atoms with van der Waals surface area (Å²) >= 11 is 1.48. The Bertz CT molecular complexity index is 841. The van der Waals surface area contributed by atoms with Crippen LogP contribution in [-0.4, -0.2) is 14.5 Å². The lowest BCUT2D eigenvalue weighted by atomic mass is 10.2. The van der Waals surface area contributed by atoms with Crippen molar-refractivity contribution in [3.05, 3.63) is 57.8 Å². The second kappa shape index (κ2) is 5.98. The highest BCUT2D eigenvalue weighted by Crippen LogP contribution is 2.24. The van der Waals surface area contributed by atoms with Gasteiger partial charge in [0.1, 0.15) is 0 Å². The maximum Gasteiger partial charge on any atom is 0.254 e. The summed E-state index contributed by atoms with van der Waals surface area (Å²) in [5.74, 6) is 0.446. The molecule has 0 aliphatic rings. The molecule has 6 nitrogen and oxygen atoms in total. The van der Waals surface area contributed by atoms with E-state index >= 15 is 0 Å². The van der Waals surface area contributed by atoms with Gasteiger partial charge in [-0.05, 0) is 6.92 Å². The van der Waals surface area contributed by atoms with Crippen LogP contribution in [0, 0.1) is 6.92 Å². The maximum atomic E-state index is 11.7. The molecule has 7 heteroatoms. The van der Waals surface area contributed by atoms with Crippen molar-refractivity contribution in [2.45, 2.75) is 6.92 Å². The molecule has 112 valence electrons. The lowest BCUT2D eigenvalue weighted by molar-refractivity contribution is 0.823. The van der Waals surface area contributed by atoms with Crippen LogP contribution in [0.15, 0.2) is 46.6 Å². The van der Waals surface area contributed by atoms with Gasteiger partial charge in [-0.15, -0.1) is 11.3 Å². The zero-order chi connectivity index (χ0) is 15.5. The Hall–Kier alpha value is -2.67. The molecule has 2 heterocycles. The number of hydrogen-bond acceptors (Lipinski definition) is 6. The summed E-state index contributed by atoms with van der Waals surface area (Å²) in [4.78, 5) is 20.5. The molecule has 2 N–H and O–H groups in total. The normalized spacial score (nSPS) is 10.5. The van der Waals surface area contributed by atoms with Gasteiger partial charge in [-0.25, -0.2) is 9.97 Å². The van der Waals surface area contributed by atoms with E-state index in [1.807, 2.05) is 35.7 Å². The summed E-state index contributed by atoms with van der Waals surface area (Å²) in [7, 11) is 1.66. The Balaban J connectivity index is 1.76. The van der Waals surface area contributed by atoms with Gasteiger partial charge in [-0.3, -0.25) is 20.2 Å². The number of hydrogen-bond donors (Lipinski definition) is 2. The smallest absolute Gasteiger partial charge is 0.254 e. The average Bonchev–Trinajstić information content (AvgIpc) is 2.99. The minimum Gasteiger partial charge on any atom is -0.281 e. The molecule has 0 unspecified atom stereocenters. The molecule has 0 amide bonds. The molecule has 0 atom stereocenters. The molecule has 3 rings (SSSR count). The third kappa shape index (κ3) is 2.99. The van der Waals surface area contributed by atoms with Crippen molar-refractivity contribution in [1.29, 1.82) is 0 Å². The Morgan fingerprint density at radius 3 is 2.68 bits per heavy atom. The minimum atomic E-state index is -0.110. The molecule has 0 saturated carbocycles. The largest absolute Gasteiger partial charge is 0.281 e. The van der Waals surface area contributed by atoms with E-state index in [-0.39, 0.29) is 5.56 Å². The number of anilines is 2. The fourth-order valence-corrected chi connectivity index (χ4v) is 2.62. The van der Waals surface area contributed by atoms with Gasteiger partial charge in [0.25, 0.3) is 5.56 Å².